The first-order valence-corrected chi connectivity index (χ1v) is 3.23. The van der Waals surface area contributed by atoms with Gasteiger partial charge in [0.15, 0.2) is 0 Å². The van der Waals surface area contributed by atoms with Crippen molar-refractivity contribution in [2.75, 3.05) is 28.4 Å². The van der Waals surface area contributed by atoms with Crippen molar-refractivity contribution in [2.45, 2.75) is 0 Å². The smallest absolute Gasteiger partial charge is 0.135 e. The summed E-state index contributed by atoms with van der Waals surface area (Å²) in [5.74, 6) is 0. The second kappa shape index (κ2) is 46.1. The molecule has 0 aromatic heterocycles. The summed E-state index contributed by atoms with van der Waals surface area (Å²) in [5.41, 5.74) is 0. The van der Waals surface area contributed by atoms with Crippen molar-refractivity contribution in [1.29, 1.82) is 0 Å². The molecule has 0 heterocycles. The van der Waals surface area contributed by atoms with Gasteiger partial charge in [-0.15, -0.1) is 0 Å². The van der Waals surface area contributed by atoms with E-state index in [1.807, 2.05) is 0 Å². The van der Waals surface area contributed by atoms with Crippen molar-refractivity contribution in [3.05, 3.63) is 0 Å². The first kappa shape index (κ1) is 22.6. The minimum atomic E-state index is -0.185. The van der Waals surface area contributed by atoms with Gasteiger partial charge >= 0.3 is 0 Å². The van der Waals surface area contributed by atoms with E-state index in [0.29, 0.717) is 0 Å². The number of rotatable bonds is 2. The maximum atomic E-state index is 5.75. The molecule has 0 aromatic carbocycles. The monoisotopic (exact) mass is 321 g/mol. The van der Waals surface area contributed by atoms with Crippen LogP contribution in [0.1, 0.15) is 0 Å². The summed E-state index contributed by atoms with van der Waals surface area (Å²) in [6, 6.07) is 0. The van der Waals surface area contributed by atoms with Gasteiger partial charge in [0.05, 0.1) is 0 Å². The molecule has 0 unspecified atom stereocenters. The quantitative estimate of drug-likeness (QED) is 0.459. The van der Waals surface area contributed by atoms with Crippen molar-refractivity contribution < 1.29 is 55.1 Å². The van der Waals surface area contributed by atoms with Crippen LogP contribution in [-0.2, 0) is 7.58 Å². The maximum Gasteiger partial charge on any atom is 0.135 e. The Balaban J connectivity index is -0.0000000315. The summed E-state index contributed by atoms with van der Waals surface area (Å²) in [6.07, 6.45) is 0. The first-order valence-electron chi connectivity index (χ1n) is 2.29. The molecule has 2 radical (unpaired) electrons. The van der Waals surface area contributed by atoms with Gasteiger partial charge in [0.25, 0.3) is 0 Å². The van der Waals surface area contributed by atoms with Crippen molar-refractivity contribution in [2.24, 2.45) is 0 Å². The molecule has 4 nitrogen and oxygen atoms in total. The molecule has 0 saturated heterocycles. The zero-order valence-corrected chi connectivity index (χ0v) is 9.69. The van der Waals surface area contributed by atoms with Crippen molar-refractivity contribution in [3.63, 3.8) is 0 Å². The molecule has 0 aromatic rings. The second-order valence-corrected chi connectivity index (χ2v) is 1.70. The fourth-order valence-electron chi connectivity index (χ4n) is 0.0962. The van der Waals surface area contributed by atoms with Crippen LogP contribution in [-0.4, -0.2) is 54.5 Å². The van der Waals surface area contributed by atoms with Crippen LogP contribution in [0.4, 0.5) is 0 Å². The molecule has 0 fully saturated rings. The summed E-state index contributed by atoms with van der Waals surface area (Å²) >= 11 is -0.185. The van der Waals surface area contributed by atoms with E-state index in [4.69, 9.17) is 10.2 Å². The van der Waals surface area contributed by atoms with E-state index in [0.717, 1.165) is 0 Å². The molecule has 10 heavy (non-hydrogen) atoms. The molecule has 0 aliphatic heterocycles. The molecule has 4 N–H and O–H groups in total. The summed E-state index contributed by atoms with van der Waals surface area (Å²) < 4.78 is 9.10. The minimum Gasteiger partial charge on any atom is -0.681 e. The Bertz CT molecular complexity index is 24.7. The summed E-state index contributed by atoms with van der Waals surface area (Å²) in [5, 5.41) is 11.5. The number of hydrogen-bond acceptors (Lipinski definition) is 2. The van der Waals surface area contributed by atoms with Gasteiger partial charge < -0.3 is 17.8 Å². The van der Waals surface area contributed by atoms with E-state index in [1.165, 1.54) is 14.2 Å². The van der Waals surface area contributed by atoms with E-state index in [2.05, 4.69) is 7.58 Å². The van der Waals surface area contributed by atoms with E-state index in [9.17, 15) is 0 Å². The van der Waals surface area contributed by atoms with Crippen LogP contribution in [0.15, 0.2) is 0 Å². The third-order valence-electron chi connectivity index (χ3n) is 0.192. The van der Waals surface area contributed by atoms with E-state index < -0.39 is 0 Å². The molecule has 0 aliphatic rings. The summed E-state index contributed by atoms with van der Waals surface area (Å²) in [7, 11) is 5.75. The van der Waals surface area contributed by atoms with Gasteiger partial charge in [0, 0.05) is 37.3 Å². The van der Waals surface area contributed by atoms with Crippen LogP contribution in [0.5, 0.6) is 0 Å². The van der Waals surface area contributed by atoms with Crippen molar-refractivity contribution in [1.82, 2.24) is 0 Å². The van der Waals surface area contributed by atoms with Crippen molar-refractivity contribution >= 4 is 15.9 Å². The molecular weight excluding hydrogens is 306 g/mol. The van der Waals surface area contributed by atoms with Gasteiger partial charge in [-0.05, 0) is 14.2 Å². The minimum absolute atomic E-state index is 0. The zero-order valence-electron chi connectivity index (χ0n) is 6.68. The molecule has 0 bridgehead atoms. The normalized spacial score (nSPS) is 5.40. The average molecular weight is 322 g/mol. The third-order valence-corrected chi connectivity index (χ3v) is 0.577. The van der Waals surface area contributed by atoms with Crippen LogP contribution in [0, 0.1) is 37.3 Å². The molecular formula is C4H16AlErO4+. The Morgan fingerprint density at radius 2 is 1.10 bits per heavy atom. The summed E-state index contributed by atoms with van der Waals surface area (Å²) in [6.45, 7) is 0. The van der Waals surface area contributed by atoms with Gasteiger partial charge in [0.1, 0.15) is 30.1 Å². The van der Waals surface area contributed by atoms with Gasteiger partial charge in [-0.2, -0.15) is 0 Å². The third kappa shape index (κ3) is 54.6. The standard InChI is InChI=1S/2CH4O.2CH3O.Al.Er/c4*1-2;;/h2*2H,1H3;2*1H3;;/q;;2*-1;+1;/p+2. The van der Waals surface area contributed by atoms with Crippen LogP contribution in [0.2, 0.25) is 0 Å². The van der Waals surface area contributed by atoms with Gasteiger partial charge in [0.2, 0.25) is 0 Å². The van der Waals surface area contributed by atoms with Gasteiger partial charge in [-0.1, -0.05) is 0 Å². The molecule has 0 spiro atoms. The van der Waals surface area contributed by atoms with Gasteiger partial charge in [-0.25, -0.2) is 0 Å². The topological polar surface area (TPSA) is 64.3 Å². The molecule has 0 rings (SSSR count). The predicted molar refractivity (Wildman–Crippen MR) is 38.8 cm³/mol. The maximum absolute atomic E-state index is 5.75. The van der Waals surface area contributed by atoms with Crippen LogP contribution in [0.25, 0.3) is 0 Å². The predicted octanol–water partition coefficient (Wildman–Crippen LogP) is -1.51. The van der Waals surface area contributed by atoms with Crippen molar-refractivity contribution in [3.8, 4) is 0 Å². The number of hydrogen-bond donors (Lipinski definition) is 0. The molecule has 0 amide bonds. The average Bonchev–Trinajstić information content (AvgIpc) is 1.98. The molecule has 6 heteroatoms. The molecule has 70 valence electrons. The molecule has 0 saturated carbocycles. The Kier molecular flexibility index (Phi) is 104. The Morgan fingerprint density at radius 3 is 1.10 bits per heavy atom. The van der Waals surface area contributed by atoms with Crippen LogP contribution in [0.3, 0.4) is 0 Å². The van der Waals surface area contributed by atoms with E-state index in [1.54, 1.807) is 14.2 Å². The SMILES string of the molecule is C[OH2+].C[OH2+].C[O][Al-][O]C.[Er]. The Labute approximate surface area is 98.5 Å². The van der Waals surface area contributed by atoms with Gasteiger partial charge in [-0.3, -0.25) is 0 Å². The fourth-order valence-corrected chi connectivity index (χ4v) is 0.289. The Morgan fingerprint density at radius 1 is 0.900 bits per heavy atom. The first-order chi connectivity index (χ1) is 4.41. The fraction of sp³-hybridized carbons (Fsp3) is 1.00. The van der Waals surface area contributed by atoms with E-state index in [-0.39, 0.29) is 53.2 Å². The summed E-state index contributed by atoms with van der Waals surface area (Å²) in [4.78, 5) is 0. The Hall–Kier alpha value is 1.62. The largest absolute Gasteiger partial charge is 0.681 e. The second-order valence-electron chi connectivity index (χ2n) is 0.568. The molecule has 0 atom stereocenters. The molecule has 0 aliphatic carbocycles. The van der Waals surface area contributed by atoms with Crippen LogP contribution < -0.4 is 0 Å². The van der Waals surface area contributed by atoms with Crippen LogP contribution >= 0.6 is 0 Å². The van der Waals surface area contributed by atoms with E-state index >= 15 is 0 Å². The zero-order chi connectivity index (χ0) is 8.12.